The Balaban J connectivity index is 1.97. The SMILES string of the molecule is CC1(Cn2nnnc2CNC(C)(C)C)CCC1. The third-order valence-corrected chi connectivity index (χ3v) is 3.48. The summed E-state index contributed by atoms with van der Waals surface area (Å²) in [6.45, 7) is 10.4. The number of rotatable bonds is 4. The lowest BCUT2D eigenvalue weighted by Gasteiger charge is -2.38. The Morgan fingerprint density at radius 3 is 2.59 bits per heavy atom. The molecule has 1 aromatic rings. The highest BCUT2D eigenvalue weighted by Gasteiger charge is 2.33. The van der Waals surface area contributed by atoms with Crippen LogP contribution in [0.5, 0.6) is 0 Å². The summed E-state index contributed by atoms with van der Waals surface area (Å²) in [6.07, 6.45) is 3.92. The predicted molar refractivity (Wildman–Crippen MR) is 66.4 cm³/mol. The van der Waals surface area contributed by atoms with Gasteiger partial charge in [0.25, 0.3) is 0 Å². The Morgan fingerprint density at radius 2 is 2.06 bits per heavy atom. The molecule has 0 aliphatic heterocycles. The number of hydrogen-bond acceptors (Lipinski definition) is 4. The molecule has 1 N–H and O–H groups in total. The van der Waals surface area contributed by atoms with Crippen molar-refractivity contribution in [3.63, 3.8) is 0 Å². The highest BCUT2D eigenvalue weighted by molar-refractivity contribution is 4.89. The normalized spacial score (nSPS) is 19.1. The van der Waals surface area contributed by atoms with E-state index in [9.17, 15) is 0 Å². The van der Waals surface area contributed by atoms with Gasteiger partial charge >= 0.3 is 0 Å². The van der Waals surface area contributed by atoms with Gasteiger partial charge in [0.15, 0.2) is 5.82 Å². The zero-order valence-electron chi connectivity index (χ0n) is 11.3. The molecular formula is C12H23N5. The molecule has 2 rings (SSSR count). The van der Waals surface area contributed by atoms with E-state index in [0.29, 0.717) is 5.41 Å². The fourth-order valence-electron chi connectivity index (χ4n) is 2.12. The van der Waals surface area contributed by atoms with Crippen molar-refractivity contribution in [3.05, 3.63) is 5.82 Å². The molecule has 0 atom stereocenters. The molecule has 1 aromatic heterocycles. The quantitative estimate of drug-likeness (QED) is 0.867. The van der Waals surface area contributed by atoms with Gasteiger partial charge in [0, 0.05) is 5.54 Å². The Kier molecular flexibility index (Phi) is 3.21. The molecule has 0 bridgehead atoms. The van der Waals surface area contributed by atoms with Gasteiger partial charge in [0.05, 0.1) is 13.1 Å². The summed E-state index contributed by atoms with van der Waals surface area (Å²) in [7, 11) is 0. The van der Waals surface area contributed by atoms with Crippen LogP contribution < -0.4 is 5.32 Å². The molecule has 0 spiro atoms. The molecule has 0 aromatic carbocycles. The van der Waals surface area contributed by atoms with E-state index in [1.54, 1.807) is 0 Å². The maximum atomic E-state index is 4.10. The fourth-order valence-corrected chi connectivity index (χ4v) is 2.12. The molecule has 17 heavy (non-hydrogen) atoms. The van der Waals surface area contributed by atoms with Crippen molar-refractivity contribution in [2.75, 3.05) is 0 Å². The Hall–Kier alpha value is -0.970. The third-order valence-electron chi connectivity index (χ3n) is 3.48. The molecular weight excluding hydrogens is 214 g/mol. The summed E-state index contributed by atoms with van der Waals surface area (Å²) in [5.74, 6) is 0.938. The smallest absolute Gasteiger partial charge is 0.165 e. The van der Waals surface area contributed by atoms with Gasteiger partial charge in [0.2, 0.25) is 0 Å². The van der Waals surface area contributed by atoms with Crippen molar-refractivity contribution in [1.82, 2.24) is 25.5 Å². The molecule has 1 aliphatic rings. The predicted octanol–water partition coefficient (Wildman–Crippen LogP) is 1.75. The van der Waals surface area contributed by atoms with Crippen LogP contribution in [-0.4, -0.2) is 25.7 Å². The van der Waals surface area contributed by atoms with E-state index < -0.39 is 0 Å². The second-order valence-corrected chi connectivity index (χ2v) is 6.52. The van der Waals surface area contributed by atoms with Crippen LogP contribution in [0.4, 0.5) is 0 Å². The first kappa shape index (κ1) is 12.5. The first-order valence-electron chi connectivity index (χ1n) is 6.38. The van der Waals surface area contributed by atoms with Crippen molar-refractivity contribution < 1.29 is 0 Å². The maximum absolute atomic E-state index is 4.10. The summed E-state index contributed by atoms with van der Waals surface area (Å²) in [4.78, 5) is 0. The highest BCUT2D eigenvalue weighted by atomic mass is 15.5. The second kappa shape index (κ2) is 4.37. The van der Waals surface area contributed by atoms with E-state index in [4.69, 9.17) is 0 Å². The van der Waals surface area contributed by atoms with E-state index in [2.05, 4.69) is 48.5 Å². The first-order chi connectivity index (χ1) is 7.88. The van der Waals surface area contributed by atoms with Gasteiger partial charge in [-0.3, -0.25) is 0 Å². The minimum atomic E-state index is 0.0944. The average molecular weight is 237 g/mol. The number of hydrogen-bond donors (Lipinski definition) is 1. The Bertz CT molecular complexity index is 372. The van der Waals surface area contributed by atoms with Crippen LogP contribution in [0.15, 0.2) is 0 Å². The van der Waals surface area contributed by atoms with Gasteiger partial charge in [-0.25, -0.2) is 4.68 Å². The van der Waals surface area contributed by atoms with Crippen molar-refractivity contribution in [3.8, 4) is 0 Å². The van der Waals surface area contributed by atoms with E-state index in [1.165, 1.54) is 19.3 Å². The molecule has 0 amide bonds. The average Bonchev–Trinajstić information content (AvgIpc) is 2.59. The van der Waals surface area contributed by atoms with Crippen LogP contribution in [0, 0.1) is 5.41 Å². The number of nitrogens with zero attached hydrogens (tertiary/aromatic N) is 4. The molecule has 1 saturated carbocycles. The summed E-state index contributed by atoms with van der Waals surface area (Å²) < 4.78 is 1.96. The Labute approximate surface area is 103 Å². The third kappa shape index (κ3) is 3.25. The molecule has 1 heterocycles. The van der Waals surface area contributed by atoms with Crippen LogP contribution >= 0.6 is 0 Å². The zero-order valence-corrected chi connectivity index (χ0v) is 11.3. The second-order valence-electron chi connectivity index (χ2n) is 6.52. The topological polar surface area (TPSA) is 55.6 Å². The lowest BCUT2D eigenvalue weighted by atomic mass is 9.70. The molecule has 0 unspecified atom stereocenters. The first-order valence-corrected chi connectivity index (χ1v) is 6.38. The summed E-state index contributed by atoms with van der Waals surface area (Å²) in [5, 5.41) is 15.4. The molecule has 1 aliphatic carbocycles. The van der Waals surface area contributed by atoms with Gasteiger partial charge in [-0.1, -0.05) is 13.3 Å². The van der Waals surface area contributed by atoms with E-state index in [0.717, 1.165) is 18.9 Å². The molecule has 1 fully saturated rings. The molecule has 5 heteroatoms. The van der Waals surface area contributed by atoms with Crippen molar-refractivity contribution in [2.24, 2.45) is 5.41 Å². The van der Waals surface area contributed by atoms with Gasteiger partial charge in [-0.15, -0.1) is 5.10 Å². The fraction of sp³-hybridized carbons (Fsp3) is 0.917. The van der Waals surface area contributed by atoms with Gasteiger partial charge in [-0.05, 0) is 49.5 Å². The summed E-state index contributed by atoms with van der Waals surface area (Å²) in [5.41, 5.74) is 0.503. The number of tetrazole rings is 1. The van der Waals surface area contributed by atoms with Crippen molar-refractivity contribution >= 4 is 0 Å². The van der Waals surface area contributed by atoms with Gasteiger partial charge in [-0.2, -0.15) is 0 Å². The van der Waals surface area contributed by atoms with Gasteiger partial charge < -0.3 is 5.32 Å². The minimum absolute atomic E-state index is 0.0944. The monoisotopic (exact) mass is 237 g/mol. The molecule has 0 radical (unpaired) electrons. The molecule has 96 valence electrons. The zero-order chi connectivity index (χ0) is 12.5. The van der Waals surface area contributed by atoms with E-state index in [1.807, 2.05) is 4.68 Å². The van der Waals surface area contributed by atoms with Crippen molar-refractivity contribution in [2.45, 2.75) is 65.6 Å². The van der Waals surface area contributed by atoms with Crippen LogP contribution in [0.25, 0.3) is 0 Å². The van der Waals surface area contributed by atoms with Crippen LogP contribution in [0.3, 0.4) is 0 Å². The number of aromatic nitrogens is 4. The largest absolute Gasteiger partial charge is 0.305 e. The van der Waals surface area contributed by atoms with E-state index in [-0.39, 0.29) is 5.54 Å². The standard InChI is InChI=1S/C12H23N5/c1-11(2,3)13-8-10-14-15-16-17(10)9-12(4)6-5-7-12/h13H,5-9H2,1-4H3. The number of nitrogens with one attached hydrogen (secondary N) is 1. The lowest BCUT2D eigenvalue weighted by Crippen LogP contribution is -2.37. The maximum Gasteiger partial charge on any atom is 0.165 e. The highest BCUT2D eigenvalue weighted by Crippen LogP contribution is 2.41. The van der Waals surface area contributed by atoms with Crippen LogP contribution in [0.2, 0.25) is 0 Å². The van der Waals surface area contributed by atoms with Crippen LogP contribution in [-0.2, 0) is 13.1 Å². The molecule has 0 saturated heterocycles. The van der Waals surface area contributed by atoms with Gasteiger partial charge in [0.1, 0.15) is 0 Å². The Morgan fingerprint density at radius 1 is 1.35 bits per heavy atom. The van der Waals surface area contributed by atoms with Crippen molar-refractivity contribution in [1.29, 1.82) is 0 Å². The van der Waals surface area contributed by atoms with Crippen LogP contribution in [0.1, 0.15) is 52.8 Å². The lowest BCUT2D eigenvalue weighted by molar-refractivity contribution is 0.123. The minimum Gasteiger partial charge on any atom is -0.305 e. The summed E-state index contributed by atoms with van der Waals surface area (Å²) >= 11 is 0. The molecule has 5 nitrogen and oxygen atoms in total. The summed E-state index contributed by atoms with van der Waals surface area (Å²) in [6, 6.07) is 0. The van der Waals surface area contributed by atoms with E-state index >= 15 is 0 Å².